The second-order valence-corrected chi connectivity index (χ2v) is 5.42. The number of nitro groups is 1. The van der Waals surface area contributed by atoms with Crippen LogP contribution >= 0.6 is 0 Å². The van der Waals surface area contributed by atoms with Gasteiger partial charge >= 0.3 is 0 Å². The smallest absolute Gasteiger partial charge is 0.272 e. The number of rotatable bonds is 4. The van der Waals surface area contributed by atoms with Crippen LogP contribution in [0.5, 0.6) is 0 Å². The van der Waals surface area contributed by atoms with Crippen molar-refractivity contribution in [3.05, 3.63) is 68.3 Å². The Kier molecular flexibility index (Phi) is 4.26. The molecule has 0 spiro atoms. The van der Waals surface area contributed by atoms with E-state index < -0.39 is 0 Å². The van der Waals surface area contributed by atoms with Crippen molar-refractivity contribution < 1.29 is 4.92 Å². The minimum Gasteiger partial charge on any atom is -0.381 e. The number of benzene rings is 2. The second kappa shape index (κ2) is 5.95. The van der Waals surface area contributed by atoms with E-state index in [-0.39, 0.29) is 10.6 Å². The molecule has 21 heavy (non-hydrogen) atoms. The van der Waals surface area contributed by atoms with Gasteiger partial charge in [-0.05, 0) is 56.0 Å². The van der Waals surface area contributed by atoms with Crippen LogP contribution in [0, 0.1) is 37.8 Å². The average molecular weight is 284 g/mol. The largest absolute Gasteiger partial charge is 0.381 e. The van der Waals surface area contributed by atoms with E-state index in [0.29, 0.717) is 12.1 Å². The van der Waals surface area contributed by atoms with E-state index in [4.69, 9.17) is 0 Å². The van der Waals surface area contributed by atoms with Crippen molar-refractivity contribution >= 4 is 11.4 Å². The summed E-state index contributed by atoms with van der Waals surface area (Å²) < 4.78 is 0. The van der Waals surface area contributed by atoms with Crippen LogP contribution in [0.15, 0.2) is 30.3 Å². The van der Waals surface area contributed by atoms with Gasteiger partial charge in [0, 0.05) is 23.9 Å². The minimum atomic E-state index is -0.336. The molecular formula is C17H20N2O2. The first-order valence-corrected chi connectivity index (χ1v) is 6.94. The summed E-state index contributed by atoms with van der Waals surface area (Å²) in [6.45, 7) is 8.57. The highest BCUT2D eigenvalue weighted by molar-refractivity contribution is 5.59. The lowest BCUT2D eigenvalue weighted by Gasteiger charge is -2.13. The summed E-state index contributed by atoms with van der Waals surface area (Å²) in [4.78, 5) is 10.6. The summed E-state index contributed by atoms with van der Waals surface area (Å²) in [5, 5.41) is 14.3. The molecule has 0 fully saturated rings. The predicted octanol–water partition coefficient (Wildman–Crippen LogP) is 4.44. The number of hydrogen-bond donors (Lipinski definition) is 1. The zero-order valence-corrected chi connectivity index (χ0v) is 12.9. The Balaban J connectivity index is 2.23. The standard InChI is InChI=1S/C17H20N2O2/c1-11-6-5-7-15(14(11)4)10-18-16-8-13(3)17(19(20)21)9-12(16)2/h5-9,18H,10H2,1-4H3. The van der Waals surface area contributed by atoms with Crippen molar-refractivity contribution in [3.8, 4) is 0 Å². The summed E-state index contributed by atoms with van der Waals surface area (Å²) in [5.41, 5.74) is 6.47. The van der Waals surface area contributed by atoms with Crippen LogP contribution in [0.25, 0.3) is 0 Å². The molecule has 2 aromatic carbocycles. The Bertz CT molecular complexity index is 693. The molecule has 0 atom stereocenters. The third-order valence-corrected chi connectivity index (χ3v) is 3.93. The van der Waals surface area contributed by atoms with Gasteiger partial charge in [0.2, 0.25) is 0 Å². The third kappa shape index (κ3) is 3.21. The molecule has 0 saturated heterocycles. The number of anilines is 1. The average Bonchev–Trinajstić information content (AvgIpc) is 2.43. The molecule has 0 bridgehead atoms. The SMILES string of the molecule is Cc1cc([N+](=O)[O-])c(C)cc1NCc1cccc(C)c1C. The molecule has 0 aromatic heterocycles. The van der Waals surface area contributed by atoms with Crippen molar-refractivity contribution in [3.63, 3.8) is 0 Å². The first-order valence-electron chi connectivity index (χ1n) is 6.94. The number of aryl methyl sites for hydroxylation is 3. The Labute approximate surface area is 125 Å². The maximum Gasteiger partial charge on any atom is 0.272 e. The lowest BCUT2D eigenvalue weighted by molar-refractivity contribution is -0.385. The van der Waals surface area contributed by atoms with Gasteiger partial charge in [-0.25, -0.2) is 0 Å². The fourth-order valence-corrected chi connectivity index (χ4v) is 2.38. The molecule has 4 heteroatoms. The van der Waals surface area contributed by atoms with Crippen LogP contribution in [0.2, 0.25) is 0 Å². The fraction of sp³-hybridized carbons (Fsp3) is 0.294. The Morgan fingerprint density at radius 3 is 2.43 bits per heavy atom. The van der Waals surface area contributed by atoms with Gasteiger partial charge in [-0.15, -0.1) is 0 Å². The lowest BCUT2D eigenvalue weighted by atomic mass is 10.0. The van der Waals surface area contributed by atoms with E-state index in [1.165, 1.54) is 16.7 Å². The van der Waals surface area contributed by atoms with Gasteiger partial charge in [-0.3, -0.25) is 10.1 Å². The van der Waals surface area contributed by atoms with E-state index in [0.717, 1.165) is 11.3 Å². The predicted molar refractivity (Wildman–Crippen MR) is 85.8 cm³/mol. The van der Waals surface area contributed by atoms with Crippen molar-refractivity contribution in [1.82, 2.24) is 0 Å². The van der Waals surface area contributed by atoms with E-state index in [1.54, 1.807) is 13.0 Å². The van der Waals surface area contributed by atoms with Crippen molar-refractivity contribution in [1.29, 1.82) is 0 Å². The summed E-state index contributed by atoms with van der Waals surface area (Å²) >= 11 is 0. The van der Waals surface area contributed by atoms with Gasteiger partial charge in [0.1, 0.15) is 0 Å². The zero-order valence-electron chi connectivity index (χ0n) is 12.9. The molecule has 1 N–H and O–H groups in total. The molecule has 2 aromatic rings. The maximum atomic E-state index is 10.9. The Hall–Kier alpha value is -2.36. The molecule has 0 heterocycles. The summed E-state index contributed by atoms with van der Waals surface area (Å²) in [6.07, 6.45) is 0. The molecule has 0 radical (unpaired) electrons. The van der Waals surface area contributed by atoms with Crippen molar-refractivity contribution in [2.24, 2.45) is 0 Å². The first kappa shape index (κ1) is 15.0. The second-order valence-electron chi connectivity index (χ2n) is 5.42. The van der Waals surface area contributed by atoms with Crippen LogP contribution in [0.1, 0.15) is 27.8 Å². The highest BCUT2D eigenvalue weighted by atomic mass is 16.6. The topological polar surface area (TPSA) is 55.2 Å². The van der Waals surface area contributed by atoms with Crippen molar-refractivity contribution in [2.45, 2.75) is 34.2 Å². The monoisotopic (exact) mass is 284 g/mol. The molecule has 0 aliphatic heterocycles. The van der Waals surface area contributed by atoms with Crippen LogP contribution in [-0.4, -0.2) is 4.92 Å². The highest BCUT2D eigenvalue weighted by Crippen LogP contribution is 2.26. The van der Waals surface area contributed by atoms with Gasteiger partial charge in [0.25, 0.3) is 5.69 Å². The summed E-state index contributed by atoms with van der Waals surface area (Å²) in [7, 11) is 0. The molecule has 4 nitrogen and oxygen atoms in total. The maximum absolute atomic E-state index is 10.9. The summed E-state index contributed by atoms with van der Waals surface area (Å²) in [5.74, 6) is 0. The molecule has 0 amide bonds. The number of hydrogen-bond acceptors (Lipinski definition) is 3. The number of nitro benzene ring substituents is 1. The van der Waals surface area contributed by atoms with Crippen molar-refractivity contribution in [2.75, 3.05) is 5.32 Å². The molecule has 0 unspecified atom stereocenters. The van der Waals surface area contributed by atoms with Crippen LogP contribution in [0.4, 0.5) is 11.4 Å². The summed E-state index contributed by atoms with van der Waals surface area (Å²) in [6, 6.07) is 9.72. The number of nitrogens with zero attached hydrogens (tertiary/aromatic N) is 1. The fourth-order valence-electron chi connectivity index (χ4n) is 2.38. The van der Waals surface area contributed by atoms with Crippen LogP contribution < -0.4 is 5.32 Å². The minimum absolute atomic E-state index is 0.171. The van der Waals surface area contributed by atoms with Gasteiger partial charge in [-0.2, -0.15) is 0 Å². The first-order chi connectivity index (χ1) is 9.90. The quantitative estimate of drug-likeness (QED) is 0.667. The van der Waals surface area contributed by atoms with E-state index in [1.807, 2.05) is 19.1 Å². The van der Waals surface area contributed by atoms with E-state index in [2.05, 4.69) is 31.3 Å². The van der Waals surface area contributed by atoms with E-state index >= 15 is 0 Å². The van der Waals surface area contributed by atoms with E-state index in [9.17, 15) is 10.1 Å². The van der Waals surface area contributed by atoms with Gasteiger partial charge in [0.05, 0.1) is 4.92 Å². The molecule has 0 aliphatic rings. The Morgan fingerprint density at radius 1 is 1.05 bits per heavy atom. The molecule has 0 saturated carbocycles. The highest BCUT2D eigenvalue weighted by Gasteiger charge is 2.13. The normalized spacial score (nSPS) is 10.5. The van der Waals surface area contributed by atoms with Gasteiger partial charge in [-0.1, -0.05) is 18.2 Å². The van der Waals surface area contributed by atoms with Crippen LogP contribution in [0.3, 0.4) is 0 Å². The number of nitrogens with one attached hydrogen (secondary N) is 1. The third-order valence-electron chi connectivity index (χ3n) is 3.93. The lowest BCUT2D eigenvalue weighted by Crippen LogP contribution is -2.04. The van der Waals surface area contributed by atoms with Crippen LogP contribution in [-0.2, 0) is 6.54 Å². The van der Waals surface area contributed by atoms with Gasteiger partial charge < -0.3 is 5.32 Å². The Morgan fingerprint density at radius 2 is 1.76 bits per heavy atom. The molecular weight excluding hydrogens is 264 g/mol. The molecule has 110 valence electrons. The molecule has 2 rings (SSSR count). The zero-order chi connectivity index (χ0) is 15.6. The van der Waals surface area contributed by atoms with Gasteiger partial charge in [0.15, 0.2) is 0 Å². The molecule has 0 aliphatic carbocycles.